The maximum absolute atomic E-state index is 2.41. The van der Waals surface area contributed by atoms with Crippen LogP contribution in [-0.4, -0.2) is 28.2 Å². The third kappa shape index (κ3) is 4.86. The molecule has 32 heavy (non-hydrogen) atoms. The first kappa shape index (κ1) is 21.7. The molecule has 4 rings (SSSR count). The van der Waals surface area contributed by atoms with Gasteiger partial charge in [0.1, 0.15) is 0 Å². The molecular formula is C30H32N2. The zero-order valence-electron chi connectivity index (χ0n) is 19.4. The molecule has 162 valence electrons. The van der Waals surface area contributed by atoms with Gasteiger partial charge >= 0.3 is 0 Å². The number of hydrogen-bond acceptors (Lipinski definition) is 2. The lowest BCUT2D eigenvalue weighted by atomic mass is 9.81. The van der Waals surface area contributed by atoms with Gasteiger partial charge in [-0.3, -0.25) is 0 Å². The summed E-state index contributed by atoms with van der Waals surface area (Å²) in [5, 5.41) is 0. The average molecular weight is 421 g/mol. The smallest absolute Gasteiger partial charge is 0.0361 e. The third-order valence-corrected chi connectivity index (χ3v) is 6.12. The summed E-state index contributed by atoms with van der Waals surface area (Å²) in [6.45, 7) is 0. The Balaban J connectivity index is 1.68. The third-order valence-electron chi connectivity index (χ3n) is 6.12. The fourth-order valence-electron chi connectivity index (χ4n) is 4.24. The van der Waals surface area contributed by atoms with E-state index < -0.39 is 0 Å². The second kappa shape index (κ2) is 9.74. The van der Waals surface area contributed by atoms with E-state index in [2.05, 4.69) is 147 Å². The van der Waals surface area contributed by atoms with Crippen molar-refractivity contribution >= 4 is 22.5 Å². The van der Waals surface area contributed by atoms with Crippen molar-refractivity contribution in [2.24, 2.45) is 11.8 Å². The highest BCUT2D eigenvalue weighted by Gasteiger charge is 2.22. The monoisotopic (exact) mass is 420 g/mol. The summed E-state index contributed by atoms with van der Waals surface area (Å²) in [5.41, 5.74) is 7.55. The summed E-state index contributed by atoms with van der Waals surface area (Å²) in [7, 11) is 8.31. The second-order valence-electron chi connectivity index (χ2n) is 8.74. The van der Waals surface area contributed by atoms with Crippen molar-refractivity contribution in [1.82, 2.24) is 0 Å². The van der Waals surface area contributed by atoms with E-state index in [1.54, 1.807) is 0 Å². The van der Waals surface area contributed by atoms with Gasteiger partial charge in [-0.15, -0.1) is 0 Å². The Bertz CT molecular complexity index is 1100. The SMILES string of the molecule is CN(C)c1ccc(C2=CC(C3C=CC=CC=C3c3ccc(N(C)C)cc3)C=CC=C2)cc1. The molecule has 2 nitrogen and oxygen atoms in total. The maximum atomic E-state index is 2.41. The molecule has 0 spiro atoms. The van der Waals surface area contributed by atoms with Crippen LogP contribution < -0.4 is 9.80 Å². The Morgan fingerprint density at radius 3 is 1.81 bits per heavy atom. The number of rotatable bonds is 5. The van der Waals surface area contributed by atoms with E-state index in [-0.39, 0.29) is 11.8 Å². The lowest BCUT2D eigenvalue weighted by Gasteiger charge is -2.24. The van der Waals surface area contributed by atoms with Crippen LogP contribution in [0, 0.1) is 11.8 Å². The van der Waals surface area contributed by atoms with Crippen LogP contribution in [0.3, 0.4) is 0 Å². The van der Waals surface area contributed by atoms with Crippen LogP contribution in [0.15, 0.2) is 109 Å². The van der Waals surface area contributed by atoms with Gasteiger partial charge in [-0.05, 0) is 46.5 Å². The van der Waals surface area contributed by atoms with Gasteiger partial charge in [0.15, 0.2) is 0 Å². The van der Waals surface area contributed by atoms with Crippen LogP contribution in [-0.2, 0) is 0 Å². The van der Waals surface area contributed by atoms with Gasteiger partial charge in [0.05, 0.1) is 0 Å². The largest absolute Gasteiger partial charge is 0.378 e. The number of benzene rings is 2. The van der Waals surface area contributed by atoms with E-state index in [1.807, 2.05) is 0 Å². The average Bonchev–Trinajstić information content (AvgIpc) is 3.20. The Morgan fingerprint density at radius 2 is 1.19 bits per heavy atom. The molecule has 0 saturated carbocycles. The van der Waals surface area contributed by atoms with Crippen molar-refractivity contribution in [3.8, 4) is 0 Å². The zero-order chi connectivity index (χ0) is 22.5. The molecule has 0 heterocycles. The predicted molar refractivity (Wildman–Crippen MR) is 141 cm³/mol. The molecule has 2 aliphatic carbocycles. The van der Waals surface area contributed by atoms with Gasteiger partial charge in [-0.25, -0.2) is 0 Å². The van der Waals surface area contributed by atoms with Crippen LogP contribution >= 0.6 is 0 Å². The number of anilines is 2. The molecule has 2 atom stereocenters. The zero-order valence-corrected chi connectivity index (χ0v) is 19.4. The molecule has 0 bridgehead atoms. The summed E-state index contributed by atoms with van der Waals surface area (Å²) in [6, 6.07) is 17.7. The second-order valence-corrected chi connectivity index (χ2v) is 8.74. The standard InChI is InChI=1S/C30H32N2/c1-31(2)27-18-14-23(15-19-27)25-10-8-9-11-26(22-25)30-13-7-5-6-12-29(30)24-16-20-28(21-17-24)32(3)4/h5-22,26,30H,1-4H3. The van der Waals surface area contributed by atoms with Gasteiger partial charge in [0, 0.05) is 51.4 Å². The molecule has 2 heteroatoms. The first-order valence-corrected chi connectivity index (χ1v) is 11.2. The Labute approximate surface area is 192 Å². The van der Waals surface area contributed by atoms with Crippen molar-refractivity contribution < 1.29 is 0 Å². The highest BCUT2D eigenvalue weighted by atomic mass is 15.1. The molecule has 0 aliphatic heterocycles. The van der Waals surface area contributed by atoms with Crippen molar-refractivity contribution in [3.05, 3.63) is 120 Å². The lowest BCUT2D eigenvalue weighted by molar-refractivity contribution is 0.695. The molecule has 0 N–H and O–H groups in total. The van der Waals surface area contributed by atoms with Gasteiger partial charge < -0.3 is 9.80 Å². The molecule has 2 unspecified atom stereocenters. The van der Waals surface area contributed by atoms with E-state index in [0.29, 0.717) is 0 Å². The Hall–Kier alpha value is -3.52. The van der Waals surface area contributed by atoms with Crippen LogP contribution in [0.5, 0.6) is 0 Å². The number of hydrogen-bond donors (Lipinski definition) is 0. The fourth-order valence-corrected chi connectivity index (χ4v) is 4.24. The highest BCUT2D eigenvalue weighted by Crippen LogP contribution is 2.37. The van der Waals surface area contributed by atoms with Crippen LogP contribution in [0.1, 0.15) is 11.1 Å². The quantitative estimate of drug-likeness (QED) is 0.527. The molecule has 2 aromatic carbocycles. The van der Waals surface area contributed by atoms with Gasteiger partial charge in [-0.2, -0.15) is 0 Å². The topological polar surface area (TPSA) is 6.48 Å². The van der Waals surface area contributed by atoms with E-state index >= 15 is 0 Å². The van der Waals surface area contributed by atoms with Crippen LogP contribution in [0.2, 0.25) is 0 Å². The van der Waals surface area contributed by atoms with E-state index in [1.165, 1.54) is 33.6 Å². The van der Waals surface area contributed by atoms with Crippen molar-refractivity contribution in [2.45, 2.75) is 0 Å². The normalized spacial score (nSPS) is 19.8. The summed E-state index contributed by atoms with van der Waals surface area (Å²) in [4.78, 5) is 4.27. The predicted octanol–water partition coefficient (Wildman–Crippen LogP) is 6.77. The van der Waals surface area contributed by atoms with Crippen molar-refractivity contribution in [1.29, 1.82) is 0 Å². The van der Waals surface area contributed by atoms with Crippen LogP contribution in [0.25, 0.3) is 11.1 Å². The number of allylic oxidation sites excluding steroid dienone is 12. The molecule has 0 fully saturated rings. The minimum Gasteiger partial charge on any atom is -0.378 e. The maximum Gasteiger partial charge on any atom is 0.0361 e. The molecule has 0 radical (unpaired) electrons. The van der Waals surface area contributed by atoms with Crippen LogP contribution in [0.4, 0.5) is 11.4 Å². The molecule has 0 aromatic heterocycles. The number of nitrogens with zero attached hydrogens (tertiary/aromatic N) is 2. The minimum absolute atomic E-state index is 0.266. The lowest BCUT2D eigenvalue weighted by Crippen LogP contribution is -2.12. The van der Waals surface area contributed by atoms with E-state index in [9.17, 15) is 0 Å². The summed E-state index contributed by atoms with van der Waals surface area (Å²) >= 11 is 0. The summed E-state index contributed by atoms with van der Waals surface area (Å²) in [5.74, 6) is 0.534. The summed E-state index contributed by atoms with van der Waals surface area (Å²) in [6.07, 6.45) is 22.3. The molecule has 2 aromatic rings. The molecule has 0 saturated heterocycles. The van der Waals surface area contributed by atoms with E-state index in [4.69, 9.17) is 0 Å². The van der Waals surface area contributed by atoms with Crippen molar-refractivity contribution in [2.75, 3.05) is 38.0 Å². The fraction of sp³-hybridized carbons (Fsp3) is 0.200. The summed E-state index contributed by atoms with van der Waals surface area (Å²) < 4.78 is 0. The molecular weight excluding hydrogens is 388 g/mol. The van der Waals surface area contributed by atoms with Gasteiger partial charge in [0.2, 0.25) is 0 Å². The molecule has 0 amide bonds. The Morgan fingerprint density at radius 1 is 0.594 bits per heavy atom. The van der Waals surface area contributed by atoms with Crippen molar-refractivity contribution in [3.63, 3.8) is 0 Å². The molecule has 2 aliphatic rings. The van der Waals surface area contributed by atoms with Gasteiger partial charge in [0.25, 0.3) is 0 Å². The first-order valence-electron chi connectivity index (χ1n) is 11.2. The highest BCUT2D eigenvalue weighted by molar-refractivity contribution is 5.78. The van der Waals surface area contributed by atoms with Gasteiger partial charge in [-0.1, -0.05) is 85.0 Å². The Kier molecular flexibility index (Phi) is 6.61. The van der Waals surface area contributed by atoms with E-state index in [0.717, 1.165) is 0 Å². The minimum atomic E-state index is 0.266. The first-order chi connectivity index (χ1) is 15.5.